The van der Waals surface area contributed by atoms with Gasteiger partial charge in [-0.25, -0.2) is 29.9 Å². The molecule has 0 amide bonds. The van der Waals surface area contributed by atoms with Crippen molar-refractivity contribution < 1.29 is 26.3 Å². The normalized spacial score (nSPS) is 14.5. The van der Waals surface area contributed by atoms with E-state index in [1.165, 1.54) is 60.9 Å². The third-order valence-electron chi connectivity index (χ3n) is 9.96. The molecule has 2 aliphatic rings. The van der Waals surface area contributed by atoms with Gasteiger partial charge in [-0.05, 0) is 51.7 Å². The van der Waals surface area contributed by atoms with Gasteiger partial charge in [0.15, 0.2) is 15.6 Å². The van der Waals surface area contributed by atoms with Gasteiger partial charge in [-0.2, -0.15) is 36.5 Å². The van der Waals surface area contributed by atoms with E-state index in [1.54, 1.807) is 24.8 Å². The average Bonchev–Trinajstić information content (AvgIpc) is 4.07. The minimum Gasteiger partial charge on any atom is -0.269 e. The number of halogens is 6. The van der Waals surface area contributed by atoms with Gasteiger partial charge >= 0.3 is 12.4 Å². The Kier molecular flexibility index (Phi) is 9.72. The Labute approximate surface area is 341 Å². The zero-order valence-corrected chi connectivity index (χ0v) is 33.1. The van der Waals surface area contributed by atoms with Crippen LogP contribution in [0.2, 0.25) is 0 Å². The average molecular weight is 865 g/mol. The molecule has 8 aromatic rings. The van der Waals surface area contributed by atoms with Gasteiger partial charge in [-0.15, -0.1) is 22.7 Å². The van der Waals surface area contributed by atoms with E-state index in [0.29, 0.717) is 49.5 Å². The van der Waals surface area contributed by atoms with Crippen LogP contribution in [0.5, 0.6) is 0 Å². The summed E-state index contributed by atoms with van der Waals surface area (Å²) in [6.45, 7) is 3.50. The first-order chi connectivity index (χ1) is 28.6. The predicted molar refractivity (Wildman–Crippen MR) is 207 cm³/mol. The van der Waals surface area contributed by atoms with Crippen LogP contribution in [-0.4, -0.2) is 58.3 Å². The minimum atomic E-state index is -4.53. The van der Waals surface area contributed by atoms with E-state index in [-0.39, 0.29) is 41.7 Å². The standard InChI is InChI=1S/2C19H15F3N6OS/c1-10-17(12-6-23-9-24-7-12)28-16(29)4-13(25-18(28)30-10)8-27-14(11-2-3-11)5-15(26-27)19(20,21)22;1-10-17(12-6-23-9-24-7-12)28-16(29)4-13(25-18(28)30-10)8-27-15(19(20,21)22)5-14(26-27)11-2-3-11/h2*4-7,9,11H,2-3,8H2,1H3. The molecule has 22 heteroatoms. The molecule has 0 bridgehead atoms. The number of hydrogen-bond acceptors (Lipinski definition) is 12. The van der Waals surface area contributed by atoms with Crippen LogP contribution in [0.15, 0.2) is 71.3 Å². The quantitative estimate of drug-likeness (QED) is 0.142. The molecular formula is C38H30F6N12O2S2. The fourth-order valence-corrected chi connectivity index (χ4v) is 9.02. The fourth-order valence-electron chi connectivity index (χ4n) is 6.99. The minimum absolute atomic E-state index is 0.00832. The van der Waals surface area contributed by atoms with E-state index in [9.17, 15) is 35.9 Å². The van der Waals surface area contributed by atoms with Crippen LogP contribution >= 0.6 is 22.7 Å². The maximum atomic E-state index is 13.5. The van der Waals surface area contributed by atoms with E-state index in [1.807, 2.05) is 13.8 Å². The summed E-state index contributed by atoms with van der Waals surface area (Å²) < 4.78 is 84.9. The van der Waals surface area contributed by atoms with Gasteiger partial charge in [0, 0.05) is 75.3 Å². The first-order valence-electron chi connectivity index (χ1n) is 18.5. The Hall–Kier alpha value is -6.16. The summed E-state index contributed by atoms with van der Waals surface area (Å²) in [6, 6.07) is 4.81. The molecule has 2 aliphatic carbocycles. The summed E-state index contributed by atoms with van der Waals surface area (Å²) >= 11 is 2.62. The summed E-state index contributed by atoms with van der Waals surface area (Å²) in [4.78, 5) is 53.2. The number of aromatic nitrogens is 12. The maximum absolute atomic E-state index is 13.5. The lowest BCUT2D eigenvalue weighted by Crippen LogP contribution is -2.19. The van der Waals surface area contributed by atoms with E-state index in [0.717, 1.165) is 52.3 Å². The summed E-state index contributed by atoms with van der Waals surface area (Å²) in [5.74, 6) is 0.163. The molecule has 0 atom stereocenters. The van der Waals surface area contributed by atoms with Crippen LogP contribution in [0.3, 0.4) is 0 Å². The van der Waals surface area contributed by atoms with Crippen molar-refractivity contribution in [2.24, 2.45) is 0 Å². The molecule has 8 aromatic heterocycles. The molecule has 60 heavy (non-hydrogen) atoms. The molecule has 0 N–H and O–H groups in total. The zero-order chi connectivity index (χ0) is 42.1. The van der Waals surface area contributed by atoms with Gasteiger partial charge in [0.25, 0.3) is 11.1 Å². The van der Waals surface area contributed by atoms with Crippen LogP contribution in [0.25, 0.3) is 32.4 Å². The predicted octanol–water partition coefficient (Wildman–Crippen LogP) is 7.32. The van der Waals surface area contributed by atoms with Crippen molar-refractivity contribution in [1.29, 1.82) is 0 Å². The van der Waals surface area contributed by atoms with Crippen LogP contribution < -0.4 is 11.1 Å². The van der Waals surface area contributed by atoms with Crippen LogP contribution in [0.1, 0.15) is 81.4 Å². The lowest BCUT2D eigenvalue weighted by molar-refractivity contribution is -0.144. The van der Waals surface area contributed by atoms with Gasteiger partial charge in [0.05, 0.1) is 41.6 Å². The largest absolute Gasteiger partial charge is 0.435 e. The topological polar surface area (TPSA) is 156 Å². The van der Waals surface area contributed by atoms with Crippen molar-refractivity contribution in [3.63, 3.8) is 0 Å². The lowest BCUT2D eigenvalue weighted by Gasteiger charge is -2.10. The second-order valence-electron chi connectivity index (χ2n) is 14.4. The Morgan fingerprint density at radius 3 is 1.57 bits per heavy atom. The molecule has 0 saturated heterocycles. The van der Waals surface area contributed by atoms with Gasteiger partial charge in [0.1, 0.15) is 18.3 Å². The Morgan fingerprint density at radius 2 is 1.12 bits per heavy atom. The number of rotatable bonds is 8. The smallest absolute Gasteiger partial charge is 0.269 e. The van der Waals surface area contributed by atoms with Gasteiger partial charge in [-0.1, -0.05) is 0 Å². The molecule has 8 heterocycles. The molecule has 2 saturated carbocycles. The molecule has 308 valence electrons. The Morgan fingerprint density at radius 1 is 0.633 bits per heavy atom. The second-order valence-corrected chi connectivity index (χ2v) is 16.8. The highest BCUT2D eigenvalue weighted by atomic mass is 32.1. The van der Waals surface area contributed by atoms with E-state index in [4.69, 9.17) is 0 Å². The number of aryl methyl sites for hydroxylation is 2. The first kappa shape index (κ1) is 39.3. The highest BCUT2D eigenvalue weighted by Gasteiger charge is 2.39. The number of thiazole rings is 2. The number of alkyl halides is 6. The van der Waals surface area contributed by atoms with Crippen molar-refractivity contribution in [2.75, 3.05) is 0 Å². The van der Waals surface area contributed by atoms with Crippen molar-refractivity contribution in [3.05, 3.63) is 126 Å². The van der Waals surface area contributed by atoms with E-state index >= 15 is 0 Å². The van der Waals surface area contributed by atoms with Crippen molar-refractivity contribution in [1.82, 2.24) is 58.3 Å². The Balaban J connectivity index is 0.000000154. The molecular weight excluding hydrogens is 835 g/mol. The van der Waals surface area contributed by atoms with Gasteiger partial charge < -0.3 is 0 Å². The number of fused-ring (bicyclic) bond motifs is 2. The monoisotopic (exact) mass is 864 g/mol. The second kappa shape index (κ2) is 14.8. The number of hydrogen-bond donors (Lipinski definition) is 0. The van der Waals surface area contributed by atoms with Crippen LogP contribution in [0, 0.1) is 13.8 Å². The summed E-state index contributed by atoms with van der Waals surface area (Å²) in [5.41, 5.74) is 1.81. The van der Waals surface area contributed by atoms with E-state index in [2.05, 4.69) is 40.1 Å². The number of nitrogens with zero attached hydrogens (tertiary/aromatic N) is 12. The molecule has 0 aromatic carbocycles. The Bertz CT molecular complexity index is 3020. The van der Waals surface area contributed by atoms with Crippen LogP contribution in [0.4, 0.5) is 26.3 Å². The SMILES string of the molecule is Cc1sc2nc(Cn3nc(C(F)(F)F)cc3C3CC3)cc(=O)n2c1-c1cncnc1.Cc1sc2nc(Cn3nc(C4CC4)cc3C(F)(F)F)cc(=O)n2c1-c1cncnc1. The van der Waals surface area contributed by atoms with Crippen molar-refractivity contribution in [2.45, 2.75) is 76.8 Å². The first-order valence-corrected chi connectivity index (χ1v) is 20.1. The van der Waals surface area contributed by atoms with E-state index < -0.39 is 23.7 Å². The highest BCUT2D eigenvalue weighted by Crippen LogP contribution is 2.43. The fraction of sp³-hybridized carbons (Fsp3) is 0.316. The molecule has 14 nitrogen and oxygen atoms in total. The lowest BCUT2D eigenvalue weighted by atomic mass is 10.2. The van der Waals surface area contributed by atoms with Crippen LogP contribution in [-0.2, 0) is 25.4 Å². The molecule has 0 unspecified atom stereocenters. The zero-order valence-electron chi connectivity index (χ0n) is 31.4. The highest BCUT2D eigenvalue weighted by molar-refractivity contribution is 7.17. The molecule has 2 fully saturated rings. The molecule has 10 rings (SSSR count). The van der Waals surface area contributed by atoms with Gasteiger partial charge in [-0.3, -0.25) is 27.8 Å². The summed E-state index contributed by atoms with van der Waals surface area (Å²) in [5, 5.41) is 7.90. The molecule has 0 aliphatic heterocycles. The van der Waals surface area contributed by atoms with Gasteiger partial charge in [0.2, 0.25) is 0 Å². The van der Waals surface area contributed by atoms with Crippen molar-refractivity contribution >= 4 is 32.6 Å². The van der Waals surface area contributed by atoms with Crippen molar-refractivity contribution in [3.8, 4) is 22.5 Å². The summed E-state index contributed by atoms with van der Waals surface area (Å²) in [6.07, 6.45) is 3.56. The molecule has 0 spiro atoms. The third-order valence-corrected chi connectivity index (χ3v) is 11.9. The third kappa shape index (κ3) is 7.71. The molecule has 0 radical (unpaired) electrons. The summed E-state index contributed by atoms with van der Waals surface area (Å²) in [7, 11) is 0. The maximum Gasteiger partial charge on any atom is 0.435 e.